The van der Waals surface area contributed by atoms with E-state index in [0.29, 0.717) is 28.9 Å². The molecule has 1 saturated heterocycles. The van der Waals surface area contributed by atoms with Crippen LogP contribution >= 0.6 is 0 Å². The highest BCUT2D eigenvalue weighted by Gasteiger charge is 2.20. The molecule has 0 aliphatic carbocycles. The van der Waals surface area contributed by atoms with Gasteiger partial charge in [0.1, 0.15) is 0 Å². The third kappa shape index (κ3) is 4.17. The number of fused-ring (bicyclic) bond motifs is 1. The van der Waals surface area contributed by atoms with Crippen LogP contribution in [0.15, 0.2) is 34.9 Å². The van der Waals surface area contributed by atoms with Crippen molar-refractivity contribution in [2.75, 3.05) is 13.1 Å². The number of nitrogens with zero attached hydrogens (tertiary/aromatic N) is 3. The molecule has 1 aliphatic heterocycles. The van der Waals surface area contributed by atoms with Crippen LogP contribution in [0.3, 0.4) is 0 Å². The summed E-state index contributed by atoms with van der Waals surface area (Å²) in [5, 5.41) is 7.80. The topological polar surface area (TPSA) is 71.3 Å². The van der Waals surface area contributed by atoms with Crippen LogP contribution < -0.4 is 5.32 Å². The van der Waals surface area contributed by atoms with Gasteiger partial charge in [-0.15, -0.1) is 0 Å². The molecule has 1 amide bonds. The van der Waals surface area contributed by atoms with Crippen molar-refractivity contribution in [1.29, 1.82) is 0 Å². The Morgan fingerprint density at radius 1 is 1.21 bits per heavy atom. The maximum absolute atomic E-state index is 13.1. The van der Waals surface area contributed by atoms with Crippen molar-refractivity contribution < 1.29 is 9.32 Å². The molecule has 6 heteroatoms. The summed E-state index contributed by atoms with van der Waals surface area (Å²) < 4.78 is 5.34. The van der Waals surface area contributed by atoms with Crippen LogP contribution in [0, 0.1) is 6.92 Å². The van der Waals surface area contributed by atoms with Crippen LogP contribution in [0.2, 0.25) is 0 Å². The molecule has 1 N–H and O–H groups in total. The molecule has 0 unspecified atom stereocenters. The number of amides is 1. The Labute approximate surface area is 171 Å². The second kappa shape index (κ2) is 8.33. The summed E-state index contributed by atoms with van der Waals surface area (Å²) in [7, 11) is 0. The highest BCUT2D eigenvalue weighted by Crippen LogP contribution is 2.25. The first-order chi connectivity index (χ1) is 14.0. The second-order valence-corrected chi connectivity index (χ2v) is 8.13. The largest absolute Gasteiger partial charge is 0.348 e. The number of aryl methyl sites for hydroxylation is 1. The van der Waals surface area contributed by atoms with Crippen LogP contribution in [-0.4, -0.2) is 34.0 Å². The molecule has 1 fully saturated rings. The quantitative estimate of drug-likeness (QED) is 0.681. The first-order valence-electron chi connectivity index (χ1n) is 10.4. The molecule has 0 atom stereocenters. The second-order valence-electron chi connectivity index (χ2n) is 8.13. The van der Waals surface area contributed by atoms with Gasteiger partial charge in [-0.1, -0.05) is 43.3 Å². The van der Waals surface area contributed by atoms with Crippen LogP contribution in [0.1, 0.15) is 65.5 Å². The molecule has 3 heterocycles. The molecule has 152 valence electrons. The van der Waals surface area contributed by atoms with Gasteiger partial charge in [-0.05, 0) is 56.0 Å². The predicted molar refractivity (Wildman–Crippen MR) is 113 cm³/mol. The summed E-state index contributed by atoms with van der Waals surface area (Å²) in [6.45, 7) is 9.68. The lowest BCUT2D eigenvalue weighted by atomic mass is 10.0. The molecule has 4 rings (SSSR count). The molecule has 0 spiro atoms. The van der Waals surface area contributed by atoms with E-state index in [1.807, 2.05) is 32.9 Å². The summed E-state index contributed by atoms with van der Waals surface area (Å²) in [6, 6.07) is 10.2. The lowest BCUT2D eigenvalue weighted by Gasteiger charge is -2.18. The first kappa shape index (κ1) is 19.6. The molecular weight excluding hydrogens is 364 g/mol. The number of nitrogens with one attached hydrogen (secondary N) is 1. The minimum absolute atomic E-state index is 0.124. The van der Waals surface area contributed by atoms with Gasteiger partial charge in [0.25, 0.3) is 11.6 Å². The Morgan fingerprint density at radius 2 is 1.93 bits per heavy atom. The van der Waals surface area contributed by atoms with Crippen molar-refractivity contribution >= 4 is 17.0 Å². The molecule has 3 aromatic rings. The minimum Gasteiger partial charge on any atom is -0.348 e. The van der Waals surface area contributed by atoms with Gasteiger partial charge in [0.15, 0.2) is 0 Å². The van der Waals surface area contributed by atoms with Gasteiger partial charge in [0, 0.05) is 18.8 Å². The number of carbonyl (C=O) groups excluding carboxylic acids is 1. The van der Waals surface area contributed by atoms with Gasteiger partial charge < -0.3 is 9.84 Å². The number of likely N-dealkylation sites (tertiary alicyclic amines) is 1. The van der Waals surface area contributed by atoms with E-state index in [1.165, 1.54) is 18.4 Å². The lowest BCUT2D eigenvalue weighted by Crippen LogP contribution is -2.25. The average molecular weight is 393 g/mol. The summed E-state index contributed by atoms with van der Waals surface area (Å²) in [5.74, 6) is 0.0686. The Kier molecular flexibility index (Phi) is 5.62. The number of benzene rings is 1. The monoisotopic (exact) mass is 392 g/mol. The van der Waals surface area contributed by atoms with E-state index >= 15 is 0 Å². The van der Waals surface area contributed by atoms with E-state index in [-0.39, 0.29) is 11.8 Å². The third-order valence-corrected chi connectivity index (χ3v) is 5.62. The first-order valence-corrected chi connectivity index (χ1v) is 10.4. The van der Waals surface area contributed by atoms with Crippen molar-refractivity contribution in [3.05, 3.63) is 58.4 Å². The number of pyridine rings is 1. The van der Waals surface area contributed by atoms with Gasteiger partial charge in [-0.25, -0.2) is 4.98 Å². The Morgan fingerprint density at radius 3 is 2.66 bits per heavy atom. The SMILES string of the molecule is Cc1noc2nc(C(C)C)cc(C(=O)NCc3ccccc3CN3CCCC3)c12. The zero-order chi connectivity index (χ0) is 20.4. The third-order valence-electron chi connectivity index (χ3n) is 5.62. The summed E-state index contributed by atoms with van der Waals surface area (Å²) in [4.78, 5) is 20.1. The van der Waals surface area contributed by atoms with Crippen LogP contribution in [0.25, 0.3) is 11.1 Å². The predicted octanol–water partition coefficient (Wildman–Crippen LogP) is 4.18. The standard InChI is InChI=1S/C23H28N4O2/c1-15(2)20-12-19(21-16(3)26-29-23(21)25-20)22(28)24-13-17-8-4-5-9-18(17)14-27-10-6-7-11-27/h4-5,8-9,12,15H,6-7,10-11,13-14H2,1-3H3,(H,24,28). The van der Waals surface area contributed by atoms with Gasteiger partial charge in [0.2, 0.25) is 0 Å². The number of carbonyl (C=O) groups is 1. The minimum atomic E-state index is -0.124. The Balaban J connectivity index is 1.56. The molecule has 29 heavy (non-hydrogen) atoms. The molecule has 1 aromatic carbocycles. The highest BCUT2D eigenvalue weighted by molar-refractivity contribution is 6.06. The van der Waals surface area contributed by atoms with E-state index < -0.39 is 0 Å². The smallest absolute Gasteiger partial charge is 0.259 e. The van der Waals surface area contributed by atoms with Crippen molar-refractivity contribution in [2.24, 2.45) is 0 Å². The van der Waals surface area contributed by atoms with Gasteiger partial charge in [-0.3, -0.25) is 9.69 Å². The van der Waals surface area contributed by atoms with Crippen LogP contribution in [0.4, 0.5) is 0 Å². The van der Waals surface area contributed by atoms with E-state index in [2.05, 4.69) is 38.6 Å². The number of hydrogen-bond acceptors (Lipinski definition) is 5. The molecular formula is C23H28N4O2. The fourth-order valence-electron chi connectivity index (χ4n) is 3.93. The molecule has 0 bridgehead atoms. The molecule has 1 aliphatic rings. The van der Waals surface area contributed by atoms with Crippen LogP contribution in [-0.2, 0) is 13.1 Å². The highest BCUT2D eigenvalue weighted by atomic mass is 16.5. The molecule has 0 radical (unpaired) electrons. The van der Waals surface area contributed by atoms with Gasteiger partial charge in [0.05, 0.1) is 16.6 Å². The normalized spacial score (nSPS) is 14.8. The van der Waals surface area contributed by atoms with Gasteiger partial charge >= 0.3 is 0 Å². The molecule has 0 saturated carbocycles. The van der Waals surface area contributed by atoms with E-state index in [1.54, 1.807) is 0 Å². The van der Waals surface area contributed by atoms with Crippen LogP contribution in [0.5, 0.6) is 0 Å². The summed E-state index contributed by atoms with van der Waals surface area (Å²) >= 11 is 0. The molecule has 2 aromatic heterocycles. The summed E-state index contributed by atoms with van der Waals surface area (Å²) in [6.07, 6.45) is 2.54. The zero-order valence-corrected chi connectivity index (χ0v) is 17.4. The number of aromatic nitrogens is 2. The maximum atomic E-state index is 13.1. The van der Waals surface area contributed by atoms with Crippen molar-refractivity contribution in [2.45, 2.75) is 52.6 Å². The Bertz CT molecular complexity index is 1020. The lowest BCUT2D eigenvalue weighted by molar-refractivity contribution is 0.0952. The average Bonchev–Trinajstić information content (AvgIpc) is 3.36. The zero-order valence-electron chi connectivity index (χ0n) is 17.4. The van der Waals surface area contributed by atoms with E-state index in [9.17, 15) is 4.79 Å². The van der Waals surface area contributed by atoms with Crippen molar-refractivity contribution in [3.63, 3.8) is 0 Å². The fraction of sp³-hybridized carbons (Fsp3) is 0.435. The van der Waals surface area contributed by atoms with Gasteiger partial charge in [-0.2, -0.15) is 0 Å². The maximum Gasteiger partial charge on any atom is 0.259 e. The number of rotatable bonds is 6. The van der Waals surface area contributed by atoms with Crippen molar-refractivity contribution in [1.82, 2.24) is 20.4 Å². The Hall–Kier alpha value is -2.73. The van der Waals surface area contributed by atoms with E-state index in [0.717, 1.165) is 30.9 Å². The summed E-state index contributed by atoms with van der Waals surface area (Å²) in [5.41, 5.74) is 4.95. The van der Waals surface area contributed by atoms with Crippen molar-refractivity contribution in [3.8, 4) is 0 Å². The number of hydrogen-bond donors (Lipinski definition) is 1. The molecule has 6 nitrogen and oxygen atoms in total. The van der Waals surface area contributed by atoms with E-state index in [4.69, 9.17) is 4.52 Å². The fourth-order valence-corrected chi connectivity index (χ4v) is 3.93.